The molecule has 0 amide bonds. The number of carbonyl (C=O) groups excluding carboxylic acids is 1. The lowest BCUT2D eigenvalue weighted by Crippen LogP contribution is -2.51. The summed E-state index contributed by atoms with van der Waals surface area (Å²) in [7, 11) is 0. The summed E-state index contributed by atoms with van der Waals surface area (Å²) in [6.07, 6.45) is -1.34. The number of nitrogen functional groups attached to an aromatic ring is 1. The number of halogens is 2. The molecule has 0 spiro atoms. The molecule has 1 aliphatic heterocycles. The van der Waals surface area contributed by atoms with Crippen LogP contribution in [-0.2, 0) is 19.0 Å². The molecular formula is C20H31ClFN3O6. The van der Waals surface area contributed by atoms with Crippen LogP contribution >= 0.6 is 11.6 Å². The largest absolute Gasteiger partial charge is 0.462 e. The maximum atomic E-state index is 15.5. The minimum atomic E-state index is -1.90. The van der Waals surface area contributed by atoms with E-state index in [1.807, 2.05) is 13.8 Å². The van der Waals surface area contributed by atoms with Gasteiger partial charge in [0, 0.05) is 12.6 Å². The smallest absolute Gasteiger partial charge is 0.351 e. The van der Waals surface area contributed by atoms with Gasteiger partial charge in [0.2, 0.25) is 0 Å². The fourth-order valence-corrected chi connectivity index (χ4v) is 3.61. The molecule has 176 valence electrons. The first-order valence-electron chi connectivity index (χ1n) is 10.5. The molecule has 1 saturated heterocycles. The van der Waals surface area contributed by atoms with Crippen molar-refractivity contribution >= 4 is 23.4 Å². The minimum absolute atomic E-state index is 0.0223. The molecule has 1 aromatic heterocycles. The number of anilines is 1. The Kier molecular flexibility index (Phi) is 9.67. The van der Waals surface area contributed by atoms with Crippen LogP contribution in [0.2, 0.25) is 0 Å². The van der Waals surface area contributed by atoms with E-state index in [4.69, 9.17) is 31.5 Å². The van der Waals surface area contributed by atoms with E-state index in [2.05, 4.69) is 4.98 Å². The van der Waals surface area contributed by atoms with Crippen LogP contribution in [0.15, 0.2) is 17.1 Å². The van der Waals surface area contributed by atoms with Crippen molar-refractivity contribution in [3.8, 4) is 0 Å². The highest BCUT2D eigenvalue weighted by atomic mass is 35.5. The van der Waals surface area contributed by atoms with Gasteiger partial charge in [-0.1, -0.05) is 26.7 Å². The molecule has 0 aromatic carbocycles. The number of aliphatic hydroxyl groups is 1. The molecule has 0 aliphatic carbocycles. The topological polar surface area (TPSA) is 126 Å². The molecule has 2 heterocycles. The van der Waals surface area contributed by atoms with Crippen LogP contribution in [0, 0.1) is 0 Å². The number of aromatic nitrogens is 2. The Balaban J connectivity index is 2.30. The van der Waals surface area contributed by atoms with E-state index in [0.717, 1.165) is 17.4 Å². The normalized spacial score (nSPS) is 26.7. The number of aliphatic hydroxyl groups excluding tert-OH is 1. The van der Waals surface area contributed by atoms with Gasteiger partial charge >= 0.3 is 11.7 Å². The van der Waals surface area contributed by atoms with Gasteiger partial charge in [-0.25, -0.2) is 9.18 Å². The Morgan fingerprint density at radius 1 is 1.45 bits per heavy atom. The number of hydrogen-bond donors (Lipinski definition) is 2. The SMILES string of the molecule is CCCCC(=O)OCC1(CCl)OC(n2ccc(N)nc2=O)C(F)C1OC(O)CCCC. The van der Waals surface area contributed by atoms with Gasteiger partial charge in [0.25, 0.3) is 0 Å². The van der Waals surface area contributed by atoms with E-state index in [-0.39, 0.29) is 24.5 Å². The number of esters is 1. The maximum Gasteiger partial charge on any atom is 0.351 e. The average molecular weight is 464 g/mol. The second-order valence-corrected chi connectivity index (χ2v) is 7.88. The average Bonchev–Trinajstić information content (AvgIpc) is 3.01. The molecule has 3 N–H and O–H groups in total. The lowest BCUT2D eigenvalue weighted by atomic mass is 9.98. The van der Waals surface area contributed by atoms with Gasteiger partial charge < -0.3 is 25.1 Å². The third-order valence-corrected chi connectivity index (χ3v) is 5.56. The summed E-state index contributed by atoms with van der Waals surface area (Å²) >= 11 is 6.15. The number of nitrogens with zero attached hydrogens (tertiary/aromatic N) is 2. The lowest BCUT2D eigenvalue weighted by Gasteiger charge is -2.33. The van der Waals surface area contributed by atoms with Crippen LogP contribution < -0.4 is 11.4 Å². The first-order chi connectivity index (χ1) is 14.8. The Bertz CT molecular complexity index is 782. The zero-order valence-corrected chi connectivity index (χ0v) is 18.6. The van der Waals surface area contributed by atoms with Gasteiger partial charge in [0.1, 0.15) is 24.1 Å². The monoisotopic (exact) mass is 463 g/mol. The third kappa shape index (κ3) is 6.38. The molecule has 1 aromatic rings. The summed E-state index contributed by atoms with van der Waals surface area (Å²) in [6, 6.07) is 1.33. The van der Waals surface area contributed by atoms with Crippen molar-refractivity contribution in [3.63, 3.8) is 0 Å². The van der Waals surface area contributed by atoms with Crippen LogP contribution in [0.1, 0.15) is 58.6 Å². The number of nitrogens with two attached hydrogens (primary N) is 1. The fourth-order valence-electron chi connectivity index (χ4n) is 3.32. The zero-order chi connectivity index (χ0) is 23.0. The van der Waals surface area contributed by atoms with Crippen molar-refractivity contribution in [3.05, 3.63) is 22.7 Å². The quantitative estimate of drug-likeness (QED) is 0.275. The molecule has 1 aliphatic rings. The van der Waals surface area contributed by atoms with Gasteiger partial charge in [0.15, 0.2) is 18.7 Å². The number of carbonyl (C=O) groups is 1. The van der Waals surface area contributed by atoms with E-state index in [0.29, 0.717) is 12.8 Å². The van der Waals surface area contributed by atoms with Gasteiger partial charge in [-0.05, 0) is 25.3 Å². The van der Waals surface area contributed by atoms with Crippen LogP contribution in [0.3, 0.4) is 0 Å². The standard InChI is InChI=1S/C20H31ClFN3O6/c1-3-5-7-14(26)29-12-20(11-21)17(30-15(27)8-6-4-2)16(22)18(31-20)25-10-9-13(23)24-19(25)28/h9-10,15-18,27H,3-8,11-12H2,1-2H3,(H2,23,24,28). The molecule has 11 heteroatoms. The Labute approximate surface area is 185 Å². The van der Waals surface area contributed by atoms with Crippen molar-refractivity contribution in [2.45, 2.75) is 82.8 Å². The molecule has 0 radical (unpaired) electrons. The van der Waals surface area contributed by atoms with E-state index in [9.17, 15) is 14.7 Å². The number of ether oxygens (including phenoxy) is 3. The van der Waals surface area contributed by atoms with Crippen LogP contribution in [0.5, 0.6) is 0 Å². The highest BCUT2D eigenvalue weighted by molar-refractivity contribution is 6.18. The van der Waals surface area contributed by atoms with Gasteiger partial charge in [-0.3, -0.25) is 9.36 Å². The summed E-state index contributed by atoms with van der Waals surface area (Å²) in [6.45, 7) is 3.49. The molecule has 9 nitrogen and oxygen atoms in total. The molecular weight excluding hydrogens is 433 g/mol. The van der Waals surface area contributed by atoms with Crippen molar-refractivity contribution in [1.29, 1.82) is 0 Å². The molecule has 0 bridgehead atoms. The van der Waals surface area contributed by atoms with Gasteiger partial charge in [-0.2, -0.15) is 4.98 Å². The Morgan fingerprint density at radius 3 is 2.77 bits per heavy atom. The van der Waals surface area contributed by atoms with E-state index in [1.54, 1.807) is 0 Å². The summed E-state index contributed by atoms with van der Waals surface area (Å²) in [5, 5.41) is 10.2. The molecule has 2 rings (SSSR count). The second kappa shape index (κ2) is 11.8. The van der Waals surface area contributed by atoms with Crippen LogP contribution in [0.4, 0.5) is 10.2 Å². The third-order valence-electron chi connectivity index (χ3n) is 5.11. The second-order valence-electron chi connectivity index (χ2n) is 7.61. The highest BCUT2D eigenvalue weighted by Gasteiger charge is 2.58. The summed E-state index contributed by atoms with van der Waals surface area (Å²) in [5.41, 5.74) is 3.08. The number of rotatable bonds is 12. The van der Waals surface area contributed by atoms with Crippen molar-refractivity contribution in [2.24, 2.45) is 0 Å². The molecule has 0 saturated carbocycles. The van der Waals surface area contributed by atoms with E-state index >= 15 is 4.39 Å². The molecule has 5 unspecified atom stereocenters. The van der Waals surface area contributed by atoms with Crippen molar-refractivity contribution < 1.29 is 28.5 Å². The van der Waals surface area contributed by atoms with Crippen LogP contribution in [0.25, 0.3) is 0 Å². The number of unbranched alkanes of at least 4 members (excludes halogenated alkanes) is 2. The lowest BCUT2D eigenvalue weighted by molar-refractivity contribution is -0.199. The van der Waals surface area contributed by atoms with Crippen LogP contribution in [-0.4, -0.2) is 57.3 Å². The predicted octanol–water partition coefficient (Wildman–Crippen LogP) is 2.30. The summed E-state index contributed by atoms with van der Waals surface area (Å²) in [5.74, 6) is -0.802. The Morgan fingerprint density at radius 2 is 2.16 bits per heavy atom. The molecule has 1 fully saturated rings. The first-order valence-corrected chi connectivity index (χ1v) is 11.0. The van der Waals surface area contributed by atoms with Crippen molar-refractivity contribution in [2.75, 3.05) is 18.2 Å². The number of hydrogen-bond acceptors (Lipinski definition) is 8. The van der Waals surface area contributed by atoms with Crippen molar-refractivity contribution in [1.82, 2.24) is 9.55 Å². The predicted molar refractivity (Wildman–Crippen MR) is 112 cm³/mol. The van der Waals surface area contributed by atoms with Gasteiger partial charge in [0.05, 0.1) is 5.88 Å². The first kappa shape index (κ1) is 25.5. The summed E-state index contributed by atoms with van der Waals surface area (Å²) < 4.78 is 33.2. The maximum absolute atomic E-state index is 15.5. The van der Waals surface area contributed by atoms with E-state index < -0.39 is 48.7 Å². The summed E-state index contributed by atoms with van der Waals surface area (Å²) in [4.78, 5) is 27.9. The number of alkyl halides is 2. The molecule has 5 atom stereocenters. The Hall–Kier alpha value is -1.75. The fraction of sp³-hybridized carbons (Fsp3) is 0.750. The van der Waals surface area contributed by atoms with E-state index in [1.165, 1.54) is 12.3 Å². The zero-order valence-electron chi connectivity index (χ0n) is 17.8. The minimum Gasteiger partial charge on any atom is -0.462 e. The van der Waals surface area contributed by atoms with Gasteiger partial charge in [-0.15, -0.1) is 11.6 Å². The molecule has 31 heavy (non-hydrogen) atoms. The highest BCUT2D eigenvalue weighted by Crippen LogP contribution is 2.42.